The smallest absolute Gasteiger partial charge is 0.215 e. The summed E-state index contributed by atoms with van der Waals surface area (Å²) in [7, 11) is 1.62. The van der Waals surface area contributed by atoms with Crippen molar-refractivity contribution in [1.29, 1.82) is 0 Å². The summed E-state index contributed by atoms with van der Waals surface area (Å²) >= 11 is 6.86. The lowest BCUT2D eigenvalue weighted by molar-refractivity contribution is 0.414. The summed E-state index contributed by atoms with van der Waals surface area (Å²) in [4.78, 5) is 5.31. The molecule has 3 aromatic rings. The van der Waals surface area contributed by atoms with Crippen LogP contribution in [-0.2, 0) is 0 Å². The molecule has 0 spiro atoms. The molecule has 2 heterocycles. The number of fused-ring (bicyclic) bond motifs is 1. The average Bonchev–Trinajstić information content (AvgIpc) is 3.11. The van der Waals surface area contributed by atoms with E-state index in [1.165, 1.54) is 11.3 Å². The van der Waals surface area contributed by atoms with Gasteiger partial charge in [-0.05, 0) is 55.5 Å². The maximum absolute atomic E-state index is 10.8. The first-order valence-corrected chi connectivity index (χ1v) is 9.27. The van der Waals surface area contributed by atoms with Gasteiger partial charge < -0.3 is 9.84 Å². The molecule has 0 saturated carbocycles. The Balaban J connectivity index is 1.80. The predicted molar refractivity (Wildman–Crippen MR) is 110 cm³/mol. The van der Waals surface area contributed by atoms with Gasteiger partial charge in [0.2, 0.25) is 5.88 Å². The highest BCUT2D eigenvalue weighted by molar-refractivity contribution is 7.73. The van der Waals surface area contributed by atoms with Crippen LogP contribution in [-0.4, -0.2) is 22.5 Å². The van der Waals surface area contributed by atoms with Gasteiger partial charge in [-0.15, -0.1) is 11.3 Å². The number of nitrogens with zero attached hydrogens (tertiary/aromatic N) is 2. The molecule has 1 aliphatic rings. The Morgan fingerprint density at radius 2 is 1.88 bits per heavy atom. The van der Waals surface area contributed by atoms with E-state index in [0.29, 0.717) is 8.83 Å². The van der Waals surface area contributed by atoms with E-state index in [1.54, 1.807) is 11.7 Å². The Labute approximate surface area is 160 Å². The summed E-state index contributed by atoms with van der Waals surface area (Å²) in [6, 6.07) is 15.4. The highest BCUT2D eigenvalue weighted by Crippen LogP contribution is 2.39. The highest BCUT2D eigenvalue weighted by atomic mass is 32.1. The molecule has 2 aromatic carbocycles. The van der Waals surface area contributed by atoms with Crippen molar-refractivity contribution >= 4 is 46.6 Å². The molecule has 0 fully saturated rings. The van der Waals surface area contributed by atoms with Gasteiger partial charge in [0.25, 0.3) is 0 Å². The van der Waals surface area contributed by atoms with E-state index >= 15 is 0 Å². The molecule has 26 heavy (non-hydrogen) atoms. The molecule has 1 aromatic heterocycles. The molecule has 0 saturated heterocycles. The number of rotatable bonds is 3. The summed E-state index contributed by atoms with van der Waals surface area (Å²) in [5, 5.41) is 10.8. The Kier molecular flexibility index (Phi) is 4.22. The molecule has 0 bridgehead atoms. The van der Waals surface area contributed by atoms with Crippen LogP contribution in [0, 0.1) is 3.95 Å². The molecule has 4 rings (SSSR count). The largest absolute Gasteiger partial charge is 0.497 e. The zero-order valence-corrected chi connectivity index (χ0v) is 15.9. The zero-order chi connectivity index (χ0) is 18.3. The molecular formula is C20H16N2O2S2. The van der Waals surface area contributed by atoms with Gasteiger partial charge in [0.1, 0.15) is 5.75 Å². The third kappa shape index (κ3) is 2.77. The van der Waals surface area contributed by atoms with Crippen LogP contribution < -0.4 is 4.74 Å². The molecule has 130 valence electrons. The minimum Gasteiger partial charge on any atom is -0.497 e. The van der Waals surface area contributed by atoms with Crippen molar-refractivity contribution in [3.8, 4) is 17.3 Å². The van der Waals surface area contributed by atoms with Crippen LogP contribution in [0.1, 0.15) is 17.4 Å². The number of para-hydroxylation sites is 1. The van der Waals surface area contributed by atoms with Crippen LogP contribution >= 0.6 is 23.6 Å². The Bertz CT molecular complexity index is 1110. The number of allylic oxidation sites excluding steroid dienone is 1. The number of aromatic nitrogens is 1. The fourth-order valence-electron chi connectivity index (χ4n) is 2.98. The van der Waals surface area contributed by atoms with Crippen LogP contribution in [0.4, 0.5) is 5.69 Å². The highest BCUT2D eigenvalue weighted by Gasteiger charge is 2.19. The lowest BCUT2D eigenvalue weighted by Crippen LogP contribution is -1.94. The molecule has 4 nitrogen and oxygen atoms in total. The molecule has 0 unspecified atom stereocenters. The third-order valence-electron chi connectivity index (χ3n) is 4.29. The van der Waals surface area contributed by atoms with Gasteiger partial charge in [-0.2, -0.15) is 0 Å². The minimum absolute atomic E-state index is 0.134. The van der Waals surface area contributed by atoms with Crippen molar-refractivity contribution in [2.45, 2.75) is 6.92 Å². The first kappa shape index (κ1) is 16.8. The topological polar surface area (TPSA) is 46.8 Å². The molecule has 0 atom stereocenters. The molecule has 1 aliphatic heterocycles. The van der Waals surface area contributed by atoms with Gasteiger partial charge in [0.05, 0.1) is 23.4 Å². The minimum atomic E-state index is 0.134. The van der Waals surface area contributed by atoms with Crippen molar-refractivity contribution in [1.82, 2.24) is 4.57 Å². The second-order valence-electron chi connectivity index (χ2n) is 5.86. The van der Waals surface area contributed by atoms with Crippen LogP contribution in [0.3, 0.4) is 0 Å². The third-order valence-corrected chi connectivity index (χ3v) is 5.60. The van der Waals surface area contributed by atoms with E-state index in [4.69, 9.17) is 17.0 Å². The lowest BCUT2D eigenvalue weighted by atomic mass is 10.0. The Morgan fingerprint density at radius 3 is 2.62 bits per heavy atom. The Morgan fingerprint density at radius 1 is 1.15 bits per heavy atom. The number of benzene rings is 2. The number of aromatic hydroxyl groups is 1. The van der Waals surface area contributed by atoms with Crippen LogP contribution in [0.15, 0.2) is 53.5 Å². The van der Waals surface area contributed by atoms with Gasteiger partial charge in [-0.1, -0.05) is 18.2 Å². The van der Waals surface area contributed by atoms with Crippen molar-refractivity contribution in [2.75, 3.05) is 7.11 Å². The number of hydrogen-bond acceptors (Lipinski definition) is 5. The monoisotopic (exact) mass is 380 g/mol. The zero-order valence-electron chi connectivity index (χ0n) is 14.3. The quantitative estimate of drug-likeness (QED) is 0.599. The first-order chi connectivity index (χ1) is 12.6. The summed E-state index contributed by atoms with van der Waals surface area (Å²) in [5.41, 5.74) is 4.76. The van der Waals surface area contributed by atoms with Crippen molar-refractivity contribution in [3.63, 3.8) is 0 Å². The van der Waals surface area contributed by atoms with Gasteiger partial charge in [-0.3, -0.25) is 9.56 Å². The van der Waals surface area contributed by atoms with Crippen molar-refractivity contribution in [3.05, 3.63) is 62.9 Å². The second kappa shape index (κ2) is 6.55. The summed E-state index contributed by atoms with van der Waals surface area (Å²) in [6.07, 6.45) is 1.96. The number of thiazole rings is 1. The van der Waals surface area contributed by atoms with Crippen molar-refractivity contribution in [2.24, 2.45) is 4.99 Å². The number of ether oxygens (including phenoxy) is 1. The standard InChI is InChI=1S/C20H16N2O2S2/c1-12-16(15-5-3-4-6-17(15)21-12)11-18-19(23)22(20(25)26-18)13-7-9-14(24-2)10-8-13/h3-11,23H,1-2H3/b16-11+. The predicted octanol–water partition coefficient (Wildman–Crippen LogP) is 5.63. The van der Waals surface area contributed by atoms with E-state index in [9.17, 15) is 5.11 Å². The lowest BCUT2D eigenvalue weighted by Gasteiger charge is -2.06. The maximum atomic E-state index is 10.8. The van der Waals surface area contributed by atoms with Crippen LogP contribution in [0.5, 0.6) is 11.6 Å². The Hall–Kier alpha value is -2.70. The number of aliphatic imine (C=N–C) groups is 1. The summed E-state index contributed by atoms with van der Waals surface area (Å²) in [5.74, 6) is 0.890. The molecule has 0 radical (unpaired) electrons. The van der Waals surface area contributed by atoms with E-state index in [0.717, 1.165) is 34.0 Å². The van der Waals surface area contributed by atoms with Crippen LogP contribution in [0.25, 0.3) is 17.3 Å². The second-order valence-corrected chi connectivity index (χ2v) is 7.54. The maximum Gasteiger partial charge on any atom is 0.215 e. The van der Waals surface area contributed by atoms with Gasteiger partial charge in [0, 0.05) is 16.8 Å². The van der Waals surface area contributed by atoms with Crippen LogP contribution in [0.2, 0.25) is 0 Å². The molecule has 1 N–H and O–H groups in total. The molecular weight excluding hydrogens is 364 g/mol. The number of methoxy groups -OCH3 is 1. The van der Waals surface area contributed by atoms with E-state index in [2.05, 4.69) is 4.99 Å². The van der Waals surface area contributed by atoms with E-state index < -0.39 is 0 Å². The first-order valence-electron chi connectivity index (χ1n) is 8.04. The van der Waals surface area contributed by atoms with Crippen molar-refractivity contribution < 1.29 is 9.84 Å². The molecule has 0 amide bonds. The van der Waals surface area contributed by atoms with Gasteiger partial charge in [-0.25, -0.2) is 0 Å². The fraction of sp³-hybridized carbons (Fsp3) is 0.100. The normalized spacial score (nSPS) is 14.4. The molecule has 0 aliphatic carbocycles. The van der Waals surface area contributed by atoms with E-state index in [-0.39, 0.29) is 5.88 Å². The van der Waals surface area contributed by atoms with E-state index in [1.807, 2.05) is 61.5 Å². The SMILES string of the molecule is COc1ccc(-n2c(O)c(/C=C3\C(C)=Nc4ccccc43)sc2=S)cc1. The van der Waals surface area contributed by atoms with Gasteiger partial charge >= 0.3 is 0 Å². The van der Waals surface area contributed by atoms with Gasteiger partial charge in [0.15, 0.2) is 3.95 Å². The molecule has 6 heteroatoms. The summed E-state index contributed by atoms with van der Waals surface area (Å²) in [6.45, 7) is 1.97. The fourth-order valence-corrected chi connectivity index (χ4v) is 4.27. The summed E-state index contributed by atoms with van der Waals surface area (Å²) < 4.78 is 7.44. The number of hydrogen-bond donors (Lipinski definition) is 1. The average molecular weight is 380 g/mol.